The molecule has 0 aliphatic heterocycles. The largest absolute Gasteiger partial charge is 0.248 e. The first-order chi connectivity index (χ1) is 8.15. The van der Waals surface area contributed by atoms with Crippen molar-refractivity contribution in [1.82, 2.24) is 4.98 Å². The van der Waals surface area contributed by atoms with Gasteiger partial charge < -0.3 is 0 Å². The van der Waals surface area contributed by atoms with Crippen molar-refractivity contribution in [3.05, 3.63) is 45.4 Å². The summed E-state index contributed by atoms with van der Waals surface area (Å²) in [6.45, 7) is 4.39. The topological polar surface area (TPSA) is 12.9 Å². The van der Waals surface area contributed by atoms with Crippen molar-refractivity contribution in [3.8, 4) is 0 Å². The Labute approximate surface area is 115 Å². The number of hydrogen-bond acceptors (Lipinski definition) is 3. The van der Waals surface area contributed by atoms with E-state index >= 15 is 0 Å². The molecule has 0 amide bonds. The highest BCUT2D eigenvalue weighted by molar-refractivity contribution is 7.98. The summed E-state index contributed by atoms with van der Waals surface area (Å²) in [6, 6.07) is 7.94. The van der Waals surface area contributed by atoms with Crippen LogP contribution in [0.3, 0.4) is 0 Å². The molecule has 0 fully saturated rings. The minimum atomic E-state index is 0.567. The monoisotopic (exact) mass is 283 g/mol. The summed E-state index contributed by atoms with van der Waals surface area (Å²) in [4.78, 5) is 6.99. The summed E-state index contributed by atoms with van der Waals surface area (Å²) in [5, 5.41) is 1.97. The molecule has 1 nitrogen and oxygen atoms in total. The molecule has 0 saturated carbocycles. The average Bonchev–Trinajstić information content (AvgIpc) is 2.75. The average molecular weight is 284 g/mol. The van der Waals surface area contributed by atoms with Crippen LogP contribution in [0.15, 0.2) is 35.4 Å². The Hall–Kier alpha value is -0.510. The van der Waals surface area contributed by atoms with Gasteiger partial charge in [-0.1, -0.05) is 31.5 Å². The Kier molecular flexibility index (Phi) is 4.48. The lowest BCUT2D eigenvalue weighted by atomic mass is 10.2. The fourth-order valence-corrected chi connectivity index (χ4v) is 3.50. The number of hydrogen-bond donors (Lipinski definition) is 0. The lowest BCUT2D eigenvalue weighted by molar-refractivity contribution is 0.885. The van der Waals surface area contributed by atoms with E-state index in [1.165, 1.54) is 14.8 Å². The number of thiazole rings is 1. The Morgan fingerprint density at radius 3 is 2.88 bits per heavy atom. The van der Waals surface area contributed by atoms with Crippen LogP contribution in [0.25, 0.3) is 0 Å². The van der Waals surface area contributed by atoms with Crippen LogP contribution in [-0.4, -0.2) is 4.98 Å². The van der Waals surface area contributed by atoms with Gasteiger partial charge in [0, 0.05) is 21.0 Å². The van der Waals surface area contributed by atoms with Gasteiger partial charge in [0.05, 0.1) is 5.75 Å². The highest BCUT2D eigenvalue weighted by atomic mass is 35.5. The van der Waals surface area contributed by atoms with Crippen LogP contribution in [-0.2, 0) is 5.75 Å². The maximum absolute atomic E-state index is 5.95. The second-order valence-corrected chi connectivity index (χ2v) is 6.69. The van der Waals surface area contributed by atoms with E-state index in [0.717, 1.165) is 10.8 Å². The maximum Gasteiger partial charge on any atom is 0.103 e. The molecule has 0 aliphatic rings. The minimum absolute atomic E-state index is 0.567. The number of halogens is 1. The zero-order valence-electron chi connectivity index (χ0n) is 9.81. The van der Waals surface area contributed by atoms with Crippen molar-refractivity contribution in [1.29, 1.82) is 0 Å². The predicted octanol–water partition coefficient (Wildman–Crippen LogP) is 5.21. The van der Waals surface area contributed by atoms with Gasteiger partial charge in [-0.05, 0) is 24.1 Å². The van der Waals surface area contributed by atoms with E-state index in [9.17, 15) is 0 Å². The van der Waals surface area contributed by atoms with Crippen LogP contribution < -0.4 is 0 Å². The number of rotatable bonds is 4. The minimum Gasteiger partial charge on any atom is -0.248 e. The molecule has 17 heavy (non-hydrogen) atoms. The highest BCUT2D eigenvalue weighted by Crippen LogP contribution is 2.29. The van der Waals surface area contributed by atoms with Gasteiger partial charge in [-0.25, -0.2) is 4.98 Å². The SMILES string of the molecule is CC(C)c1cnc(CSc2cccc(Cl)c2)s1. The number of nitrogens with zero attached hydrogens (tertiary/aromatic N) is 1. The molecule has 0 atom stereocenters. The lowest BCUT2D eigenvalue weighted by Gasteiger charge is -1.99. The summed E-state index contributed by atoms with van der Waals surface area (Å²) in [5.74, 6) is 1.48. The van der Waals surface area contributed by atoms with E-state index in [4.69, 9.17) is 11.6 Å². The van der Waals surface area contributed by atoms with E-state index in [-0.39, 0.29) is 0 Å². The van der Waals surface area contributed by atoms with Gasteiger partial charge in [0.2, 0.25) is 0 Å². The van der Waals surface area contributed by atoms with E-state index in [1.807, 2.05) is 24.4 Å². The third-order valence-corrected chi connectivity index (χ3v) is 5.02. The van der Waals surface area contributed by atoms with Crippen molar-refractivity contribution in [3.63, 3.8) is 0 Å². The van der Waals surface area contributed by atoms with Crippen LogP contribution in [0.1, 0.15) is 29.7 Å². The fourth-order valence-electron chi connectivity index (χ4n) is 1.36. The van der Waals surface area contributed by atoms with Gasteiger partial charge in [-0.3, -0.25) is 0 Å². The zero-order valence-corrected chi connectivity index (χ0v) is 12.2. The summed E-state index contributed by atoms with van der Waals surface area (Å²) >= 11 is 9.52. The van der Waals surface area contributed by atoms with Crippen LogP contribution in [0.5, 0.6) is 0 Å². The molecule has 90 valence electrons. The predicted molar refractivity (Wildman–Crippen MR) is 77.2 cm³/mol. The van der Waals surface area contributed by atoms with Gasteiger partial charge in [-0.2, -0.15) is 0 Å². The molecule has 0 N–H and O–H groups in total. The fraction of sp³-hybridized carbons (Fsp3) is 0.308. The molecular weight excluding hydrogens is 270 g/mol. The van der Waals surface area contributed by atoms with Crippen LogP contribution in [0, 0.1) is 0 Å². The van der Waals surface area contributed by atoms with E-state index < -0.39 is 0 Å². The quantitative estimate of drug-likeness (QED) is 0.714. The van der Waals surface area contributed by atoms with Crippen molar-refractivity contribution in [2.24, 2.45) is 0 Å². The molecule has 0 spiro atoms. The van der Waals surface area contributed by atoms with Gasteiger partial charge in [0.15, 0.2) is 0 Å². The zero-order chi connectivity index (χ0) is 12.3. The van der Waals surface area contributed by atoms with Gasteiger partial charge >= 0.3 is 0 Å². The molecule has 4 heteroatoms. The van der Waals surface area contributed by atoms with E-state index in [0.29, 0.717) is 5.92 Å². The summed E-state index contributed by atoms with van der Waals surface area (Å²) in [6.07, 6.45) is 1.99. The molecule has 0 radical (unpaired) electrons. The normalized spacial score (nSPS) is 11.1. The summed E-state index contributed by atoms with van der Waals surface area (Å²) in [5.41, 5.74) is 0. The molecule has 1 heterocycles. The smallest absolute Gasteiger partial charge is 0.103 e. The molecule has 0 unspecified atom stereocenters. The Morgan fingerprint density at radius 1 is 1.41 bits per heavy atom. The lowest BCUT2D eigenvalue weighted by Crippen LogP contribution is -1.78. The summed E-state index contributed by atoms with van der Waals surface area (Å²) < 4.78 is 0. The van der Waals surface area contributed by atoms with Gasteiger partial charge in [-0.15, -0.1) is 23.1 Å². The summed E-state index contributed by atoms with van der Waals surface area (Å²) in [7, 11) is 0. The second-order valence-electron chi connectivity index (χ2n) is 4.06. The number of thioether (sulfide) groups is 1. The van der Waals surface area contributed by atoms with Gasteiger partial charge in [0.25, 0.3) is 0 Å². The van der Waals surface area contributed by atoms with Crippen molar-refractivity contribution in [2.45, 2.75) is 30.4 Å². The Balaban J connectivity index is 1.97. The molecule has 2 aromatic rings. The number of benzene rings is 1. The third-order valence-electron chi connectivity index (χ3n) is 2.30. The molecule has 0 aliphatic carbocycles. The van der Waals surface area contributed by atoms with E-state index in [1.54, 1.807) is 23.1 Å². The van der Waals surface area contributed by atoms with Crippen LogP contribution in [0.4, 0.5) is 0 Å². The molecule has 1 aromatic heterocycles. The number of aromatic nitrogens is 1. The molecule has 0 bridgehead atoms. The Bertz CT molecular complexity index is 494. The van der Waals surface area contributed by atoms with Crippen molar-refractivity contribution >= 4 is 34.7 Å². The highest BCUT2D eigenvalue weighted by Gasteiger charge is 2.06. The third kappa shape index (κ3) is 3.73. The van der Waals surface area contributed by atoms with Crippen LogP contribution >= 0.6 is 34.7 Å². The first-order valence-corrected chi connectivity index (χ1v) is 7.66. The first kappa shape index (κ1) is 12.9. The Morgan fingerprint density at radius 2 is 2.24 bits per heavy atom. The van der Waals surface area contributed by atoms with E-state index in [2.05, 4.69) is 24.9 Å². The maximum atomic E-state index is 5.95. The van der Waals surface area contributed by atoms with Gasteiger partial charge in [0.1, 0.15) is 5.01 Å². The molecular formula is C13H14ClNS2. The first-order valence-electron chi connectivity index (χ1n) is 5.48. The molecule has 1 aromatic carbocycles. The standard InChI is InChI=1S/C13H14ClNS2/c1-9(2)12-7-15-13(17-12)8-16-11-5-3-4-10(14)6-11/h3-7,9H,8H2,1-2H3. The van der Waals surface area contributed by atoms with Crippen molar-refractivity contribution < 1.29 is 0 Å². The molecule has 2 rings (SSSR count). The molecule has 0 saturated heterocycles. The van der Waals surface area contributed by atoms with Crippen LogP contribution in [0.2, 0.25) is 5.02 Å². The second kappa shape index (κ2) is 5.89. The van der Waals surface area contributed by atoms with Crippen molar-refractivity contribution in [2.75, 3.05) is 0 Å².